The minimum atomic E-state index is 0.269. The molecular weight excluding hydrogens is 262 g/mol. The van der Waals surface area contributed by atoms with E-state index in [1.807, 2.05) is 19.2 Å². The summed E-state index contributed by atoms with van der Waals surface area (Å²) in [5, 5.41) is 3.29. The number of ether oxygens (including phenoxy) is 2. The van der Waals surface area contributed by atoms with Gasteiger partial charge in [0.15, 0.2) is 0 Å². The molecule has 1 aromatic rings. The molecule has 3 heteroatoms. The molecule has 0 heterocycles. The maximum absolute atomic E-state index is 6.35. The van der Waals surface area contributed by atoms with Crippen molar-refractivity contribution in [2.45, 2.75) is 52.2 Å². The van der Waals surface area contributed by atoms with Gasteiger partial charge in [-0.2, -0.15) is 0 Å². The third kappa shape index (κ3) is 3.91. The first-order valence-electron chi connectivity index (χ1n) is 8.07. The molecule has 3 nitrogen and oxygen atoms in total. The van der Waals surface area contributed by atoms with Crippen LogP contribution in [-0.2, 0) is 0 Å². The topological polar surface area (TPSA) is 30.5 Å². The smallest absolute Gasteiger partial charge is 0.128 e. The molecule has 1 saturated carbocycles. The highest BCUT2D eigenvalue weighted by atomic mass is 16.5. The first-order chi connectivity index (χ1) is 10.0. The number of rotatable bonds is 5. The lowest BCUT2D eigenvalue weighted by Crippen LogP contribution is -2.29. The third-order valence-corrected chi connectivity index (χ3v) is 4.96. The summed E-state index contributed by atoms with van der Waals surface area (Å²) < 4.78 is 11.7. The maximum atomic E-state index is 6.35. The van der Waals surface area contributed by atoms with Gasteiger partial charge in [0.25, 0.3) is 0 Å². The van der Waals surface area contributed by atoms with Crippen molar-refractivity contribution in [3.05, 3.63) is 23.8 Å². The molecule has 0 saturated heterocycles. The van der Waals surface area contributed by atoms with Crippen LogP contribution < -0.4 is 14.8 Å². The highest BCUT2D eigenvalue weighted by molar-refractivity contribution is 5.42. The van der Waals surface area contributed by atoms with Gasteiger partial charge in [-0.1, -0.05) is 19.9 Å². The van der Waals surface area contributed by atoms with Gasteiger partial charge in [-0.3, -0.25) is 0 Å². The van der Waals surface area contributed by atoms with Gasteiger partial charge in [-0.25, -0.2) is 0 Å². The van der Waals surface area contributed by atoms with Crippen molar-refractivity contribution in [2.24, 2.45) is 11.8 Å². The van der Waals surface area contributed by atoms with Crippen molar-refractivity contribution < 1.29 is 9.47 Å². The van der Waals surface area contributed by atoms with Crippen LogP contribution in [0.3, 0.4) is 0 Å². The van der Waals surface area contributed by atoms with E-state index in [9.17, 15) is 0 Å². The lowest BCUT2D eigenvalue weighted by atomic mass is 9.80. The largest absolute Gasteiger partial charge is 0.497 e. The molecule has 4 atom stereocenters. The van der Waals surface area contributed by atoms with Gasteiger partial charge in [0, 0.05) is 17.7 Å². The predicted molar refractivity (Wildman–Crippen MR) is 87.1 cm³/mol. The average molecular weight is 291 g/mol. The van der Waals surface area contributed by atoms with Crippen molar-refractivity contribution in [3.63, 3.8) is 0 Å². The van der Waals surface area contributed by atoms with E-state index >= 15 is 0 Å². The highest BCUT2D eigenvalue weighted by Crippen LogP contribution is 2.35. The Bertz CT molecular complexity index is 461. The summed E-state index contributed by atoms with van der Waals surface area (Å²) in [6, 6.07) is 6.39. The molecule has 0 radical (unpaired) electrons. The molecule has 0 amide bonds. The Morgan fingerprint density at radius 2 is 1.95 bits per heavy atom. The lowest BCUT2D eigenvalue weighted by Gasteiger charge is -2.33. The lowest BCUT2D eigenvalue weighted by molar-refractivity contribution is 0.0990. The Morgan fingerprint density at radius 1 is 1.19 bits per heavy atom. The number of benzene rings is 1. The van der Waals surface area contributed by atoms with Gasteiger partial charge < -0.3 is 14.8 Å². The molecule has 2 rings (SSSR count). The second-order valence-electron chi connectivity index (χ2n) is 6.42. The van der Waals surface area contributed by atoms with E-state index in [0.717, 1.165) is 36.2 Å². The second kappa shape index (κ2) is 7.17. The quantitative estimate of drug-likeness (QED) is 0.883. The van der Waals surface area contributed by atoms with Gasteiger partial charge in [0.2, 0.25) is 0 Å². The molecule has 1 fully saturated rings. The molecule has 0 aliphatic heterocycles. The molecule has 0 bridgehead atoms. The molecule has 0 spiro atoms. The summed E-state index contributed by atoms with van der Waals surface area (Å²) in [5.74, 6) is 3.36. The zero-order valence-electron chi connectivity index (χ0n) is 14.0. The summed E-state index contributed by atoms with van der Waals surface area (Å²) in [4.78, 5) is 0. The Kier molecular flexibility index (Phi) is 5.51. The zero-order valence-corrected chi connectivity index (χ0v) is 14.0. The van der Waals surface area contributed by atoms with Gasteiger partial charge in [0.05, 0.1) is 13.2 Å². The van der Waals surface area contributed by atoms with Crippen molar-refractivity contribution in [2.75, 3.05) is 14.2 Å². The molecule has 4 unspecified atom stereocenters. The minimum absolute atomic E-state index is 0.269. The Labute approximate surface area is 129 Å². The summed E-state index contributed by atoms with van der Waals surface area (Å²) in [6.07, 6.45) is 3.88. The molecular formula is C18H29NO2. The summed E-state index contributed by atoms with van der Waals surface area (Å²) >= 11 is 0. The summed E-state index contributed by atoms with van der Waals surface area (Å²) in [6.45, 7) is 6.84. The van der Waals surface area contributed by atoms with E-state index in [1.54, 1.807) is 7.11 Å². The Morgan fingerprint density at radius 3 is 2.57 bits per heavy atom. The van der Waals surface area contributed by atoms with E-state index in [4.69, 9.17) is 9.47 Å². The fourth-order valence-electron chi connectivity index (χ4n) is 3.04. The number of methoxy groups -OCH3 is 1. The van der Waals surface area contributed by atoms with E-state index in [2.05, 4.69) is 32.2 Å². The fraction of sp³-hybridized carbons (Fsp3) is 0.667. The van der Waals surface area contributed by atoms with Gasteiger partial charge in [0.1, 0.15) is 11.5 Å². The summed E-state index contributed by atoms with van der Waals surface area (Å²) in [7, 11) is 3.67. The standard InChI is InChI=1S/C18H29NO2/c1-12-6-7-16(10-13(12)2)21-18-11-15(20-5)8-9-17(18)14(3)19-4/h8-9,11-14,16,19H,6-7,10H2,1-5H3. The molecule has 21 heavy (non-hydrogen) atoms. The van der Waals surface area contributed by atoms with Crippen molar-refractivity contribution in [1.29, 1.82) is 0 Å². The van der Waals surface area contributed by atoms with Crippen LogP contribution in [0, 0.1) is 11.8 Å². The number of hydrogen-bond donors (Lipinski definition) is 1. The maximum Gasteiger partial charge on any atom is 0.128 e. The molecule has 1 aromatic carbocycles. The predicted octanol–water partition coefficient (Wildman–Crippen LogP) is 4.18. The van der Waals surface area contributed by atoms with Crippen molar-refractivity contribution >= 4 is 0 Å². The summed E-state index contributed by atoms with van der Waals surface area (Å²) in [5.41, 5.74) is 1.20. The third-order valence-electron chi connectivity index (χ3n) is 4.96. The normalized spacial score (nSPS) is 27.2. The van der Waals surface area contributed by atoms with E-state index < -0.39 is 0 Å². The van der Waals surface area contributed by atoms with Gasteiger partial charge >= 0.3 is 0 Å². The van der Waals surface area contributed by atoms with Crippen LogP contribution in [0.1, 0.15) is 51.6 Å². The van der Waals surface area contributed by atoms with Crippen LogP contribution in [0.2, 0.25) is 0 Å². The van der Waals surface area contributed by atoms with Crippen molar-refractivity contribution in [1.82, 2.24) is 5.32 Å². The van der Waals surface area contributed by atoms with Crippen LogP contribution in [0.15, 0.2) is 18.2 Å². The average Bonchev–Trinajstić information content (AvgIpc) is 2.50. The first-order valence-corrected chi connectivity index (χ1v) is 8.07. The first kappa shape index (κ1) is 16.2. The second-order valence-corrected chi connectivity index (χ2v) is 6.42. The van der Waals surface area contributed by atoms with Gasteiger partial charge in [-0.15, -0.1) is 0 Å². The molecule has 1 aliphatic rings. The van der Waals surface area contributed by atoms with E-state index in [1.165, 1.54) is 12.0 Å². The molecule has 0 aromatic heterocycles. The SMILES string of the molecule is CNC(C)c1ccc(OC)cc1OC1CCC(C)C(C)C1. The minimum Gasteiger partial charge on any atom is -0.497 e. The fourth-order valence-corrected chi connectivity index (χ4v) is 3.04. The number of nitrogens with one attached hydrogen (secondary N) is 1. The molecule has 1 N–H and O–H groups in total. The van der Waals surface area contributed by atoms with E-state index in [-0.39, 0.29) is 6.04 Å². The monoisotopic (exact) mass is 291 g/mol. The van der Waals surface area contributed by atoms with Crippen LogP contribution in [0.5, 0.6) is 11.5 Å². The number of hydrogen-bond acceptors (Lipinski definition) is 3. The van der Waals surface area contributed by atoms with Crippen molar-refractivity contribution in [3.8, 4) is 11.5 Å². The van der Waals surface area contributed by atoms with Crippen LogP contribution in [0.25, 0.3) is 0 Å². The zero-order chi connectivity index (χ0) is 15.4. The Balaban J connectivity index is 2.17. The van der Waals surface area contributed by atoms with Crippen LogP contribution in [-0.4, -0.2) is 20.3 Å². The van der Waals surface area contributed by atoms with Gasteiger partial charge in [-0.05, 0) is 51.1 Å². The highest BCUT2D eigenvalue weighted by Gasteiger charge is 2.26. The Hall–Kier alpha value is -1.22. The molecule has 1 aliphatic carbocycles. The van der Waals surface area contributed by atoms with E-state index in [0.29, 0.717) is 6.10 Å². The van der Waals surface area contributed by atoms with Crippen LogP contribution >= 0.6 is 0 Å². The van der Waals surface area contributed by atoms with Crippen LogP contribution in [0.4, 0.5) is 0 Å². The molecule has 118 valence electrons.